The van der Waals surface area contributed by atoms with E-state index in [1.54, 1.807) is 30.3 Å². The molecule has 2 aromatic carbocycles. The zero-order valence-electron chi connectivity index (χ0n) is 13.8. The Labute approximate surface area is 151 Å². The molecule has 0 saturated heterocycles. The molecule has 0 bridgehead atoms. The molecule has 0 saturated carbocycles. The molecule has 138 valence electrons. The summed E-state index contributed by atoms with van der Waals surface area (Å²) >= 11 is 0. The van der Waals surface area contributed by atoms with Crippen LogP contribution in [0.5, 0.6) is 5.75 Å². The molecule has 0 fully saturated rings. The molecule has 2 aromatic rings. The zero-order valence-corrected chi connectivity index (χ0v) is 14.6. The van der Waals surface area contributed by atoms with Crippen LogP contribution < -0.4 is 15.2 Å². The predicted molar refractivity (Wildman–Crippen MR) is 95.7 cm³/mol. The predicted octanol–water partition coefficient (Wildman–Crippen LogP) is 1.22. The van der Waals surface area contributed by atoms with Gasteiger partial charge in [0.2, 0.25) is 5.91 Å². The molecule has 1 amide bonds. The normalized spacial score (nSPS) is 18.1. The van der Waals surface area contributed by atoms with Crippen molar-refractivity contribution in [2.45, 2.75) is 12.6 Å². The number of fused-ring (bicyclic) bond motifs is 1. The summed E-state index contributed by atoms with van der Waals surface area (Å²) in [5.74, 6) is -0.406. The second-order valence-corrected chi connectivity index (χ2v) is 7.40. The highest BCUT2D eigenvalue weighted by molar-refractivity contribution is 7.90. The van der Waals surface area contributed by atoms with E-state index < -0.39 is 22.3 Å². The van der Waals surface area contributed by atoms with Crippen LogP contribution in [0, 0.1) is 0 Å². The summed E-state index contributed by atoms with van der Waals surface area (Å²) in [5.41, 5.74) is 6.11. The number of carbonyl (C=O) groups excluding carboxylic acids is 1. The third kappa shape index (κ3) is 3.79. The summed E-state index contributed by atoms with van der Waals surface area (Å²) in [6.07, 6.45) is -1.10. The molecule has 0 aliphatic carbocycles. The topological polar surface area (TPSA) is 122 Å². The van der Waals surface area contributed by atoms with E-state index in [4.69, 9.17) is 10.5 Å². The third-order valence-corrected chi connectivity index (χ3v) is 5.45. The van der Waals surface area contributed by atoms with E-state index in [0.717, 1.165) is 4.31 Å². The number of amides is 1. The van der Waals surface area contributed by atoms with E-state index in [-0.39, 0.29) is 30.0 Å². The van der Waals surface area contributed by atoms with Crippen LogP contribution in [-0.4, -0.2) is 36.9 Å². The number of rotatable bonds is 4. The van der Waals surface area contributed by atoms with Crippen LogP contribution in [0.15, 0.2) is 48.5 Å². The maximum atomic E-state index is 12.8. The van der Waals surface area contributed by atoms with Crippen LogP contribution in [0.1, 0.15) is 28.6 Å². The lowest BCUT2D eigenvalue weighted by molar-refractivity contribution is 0.0501. The van der Waals surface area contributed by atoms with Gasteiger partial charge in [0.25, 0.3) is 0 Å². The molecule has 0 aromatic heterocycles. The first-order valence-corrected chi connectivity index (χ1v) is 9.42. The van der Waals surface area contributed by atoms with Crippen LogP contribution >= 0.6 is 0 Å². The number of nitrogens with one attached hydrogen (secondary N) is 1. The Hall–Kier alpha value is -2.62. The maximum Gasteiger partial charge on any atom is 0.304 e. The van der Waals surface area contributed by atoms with Gasteiger partial charge in [-0.15, -0.1) is 0 Å². The number of primary amides is 1. The lowest BCUT2D eigenvalue weighted by Gasteiger charge is -2.30. The highest BCUT2D eigenvalue weighted by atomic mass is 32.2. The van der Waals surface area contributed by atoms with Gasteiger partial charge >= 0.3 is 10.2 Å². The van der Waals surface area contributed by atoms with Gasteiger partial charge in [-0.2, -0.15) is 12.7 Å². The quantitative estimate of drug-likeness (QED) is 0.739. The molecule has 1 aliphatic heterocycles. The van der Waals surface area contributed by atoms with Gasteiger partial charge in [0.05, 0.1) is 6.61 Å². The van der Waals surface area contributed by atoms with Gasteiger partial charge in [-0.1, -0.05) is 24.3 Å². The Kier molecular flexibility index (Phi) is 5.12. The first-order chi connectivity index (χ1) is 12.4. The zero-order chi connectivity index (χ0) is 18.7. The second kappa shape index (κ2) is 7.32. The molecular weight excluding hydrogens is 358 g/mol. The number of nitrogens with zero attached hydrogens (tertiary/aromatic N) is 1. The number of ether oxygens (including phenoxy) is 1. The molecule has 1 heterocycles. The van der Waals surface area contributed by atoms with E-state index in [0.29, 0.717) is 12.1 Å². The number of aliphatic hydroxyl groups is 1. The van der Waals surface area contributed by atoms with Crippen LogP contribution in [0.3, 0.4) is 0 Å². The summed E-state index contributed by atoms with van der Waals surface area (Å²) in [7, 11) is -4.01. The largest absolute Gasteiger partial charge is 0.493 e. The van der Waals surface area contributed by atoms with Crippen molar-refractivity contribution in [3.63, 3.8) is 0 Å². The monoisotopic (exact) mass is 377 g/mol. The van der Waals surface area contributed by atoms with Crippen LogP contribution in [0.25, 0.3) is 0 Å². The smallest absolute Gasteiger partial charge is 0.304 e. The van der Waals surface area contributed by atoms with Crippen molar-refractivity contribution in [3.05, 3.63) is 59.7 Å². The van der Waals surface area contributed by atoms with Crippen molar-refractivity contribution in [3.8, 4) is 5.75 Å². The van der Waals surface area contributed by atoms with Crippen molar-refractivity contribution in [2.24, 2.45) is 5.73 Å². The van der Waals surface area contributed by atoms with Gasteiger partial charge in [-0.3, -0.25) is 9.52 Å². The van der Waals surface area contributed by atoms with Crippen LogP contribution in [0.4, 0.5) is 5.69 Å². The molecule has 3 rings (SSSR count). The molecule has 1 unspecified atom stereocenters. The molecule has 26 heavy (non-hydrogen) atoms. The summed E-state index contributed by atoms with van der Waals surface area (Å²) in [5, 5.41) is 10.7. The Morgan fingerprint density at radius 1 is 1.23 bits per heavy atom. The summed E-state index contributed by atoms with van der Waals surface area (Å²) in [6, 6.07) is 12.7. The van der Waals surface area contributed by atoms with Crippen LogP contribution in [-0.2, 0) is 10.2 Å². The average molecular weight is 377 g/mol. The standard InChI is InChI=1S/C17H19N3O5S/c18-16(21)12-7-8-14-15(11-12)25-10-4-9-20(17(14)22)26(23,24)19-13-5-2-1-3-6-13/h1-3,5-8,11,17,19,22H,4,9-10H2,(H2,18,21). The first-order valence-electron chi connectivity index (χ1n) is 7.98. The summed E-state index contributed by atoms with van der Waals surface area (Å²) in [4.78, 5) is 11.3. The number of carbonyl (C=O) groups is 1. The van der Waals surface area contributed by atoms with Crippen molar-refractivity contribution >= 4 is 21.8 Å². The summed E-state index contributed by atoms with van der Waals surface area (Å²) < 4.78 is 34.5. The van der Waals surface area contributed by atoms with Crippen molar-refractivity contribution in [1.29, 1.82) is 0 Å². The molecular formula is C17H19N3O5S. The highest BCUT2D eigenvalue weighted by Crippen LogP contribution is 2.32. The fraction of sp³-hybridized carbons (Fsp3) is 0.235. The van der Waals surface area contributed by atoms with E-state index in [1.807, 2.05) is 0 Å². The van der Waals surface area contributed by atoms with Gasteiger partial charge < -0.3 is 15.6 Å². The number of hydrogen-bond acceptors (Lipinski definition) is 5. The van der Waals surface area contributed by atoms with Gasteiger partial charge in [-0.25, -0.2) is 0 Å². The molecule has 4 N–H and O–H groups in total. The average Bonchev–Trinajstić information content (AvgIpc) is 2.59. The number of benzene rings is 2. The van der Waals surface area contributed by atoms with Crippen molar-refractivity contribution < 1.29 is 23.1 Å². The summed E-state index contributed by atoms with van der Waals surface area (Å²) in [6.45, 7) is 0.305. The van der Waals surface area contributed by atoms with Gasteiger partial charge in [0, 0.05) is 23.4 Å². The van der Waals surface area contributed by atoms with E-state index >= 15 is 0 Å². The van der Waals surface area contributed by atoms with E-state index in [2.05, 4.69) is 4.72 Å². The lowest BCUT2D eigenvalue weighted by atomic mass is 10.1. The minimum atomic E-state index is -4.01. The maximum absolute atomic E-state index is 12.8. The Bertz CT molecular complexity index is 902. The van der Waals surface area contributed by atoms with Gasteiger partial charge in [-0.05, 0) is 30.7 Å². The fourth-order valence-corrected chi connectivity index (χ4v) is 3.97. The van der Waals surface area contributed by atoms with Crippen LogP contribution in [0.2, 0.25) is 0 Å². The molecule has 0 radical (unpaired) electrons. The first kappa shape index (κ1) is 18.2. The molecule has 9 heteroatoms. The number of anilines is 1. The van der Waals surface area contributed by atoms with Gasteiger partial charge in [0.15, 0.2) is 6.23 Å². The number of hydrogen-bond donors (Lipinski definition) is 3. The third-order valence-electron chi connectivity index (χ3n) is 3.96. The highest BCUT2D eigenvalue weighted by Gasteiger charge is 2.33. The Morgan fingerprint density at radius 2 is 1.96 bits per heavy atom. The lowest BCUT2D eigenvalue weighted by Crippen LogP contribution is -2.41. The Morgan fingerprint density at radius 3 is 2.65 bits per heavy atom. The van der Waals surface area contributed by atoms with Crippen molar-refractivity contribution in [2.75, 3.05) is 17.9 Å². The number of aliphatic hydroxyl groups excluding tert-OH is 1. The minimum Gasteiger partial charge on any atom is -0.493 e. The minimum absolute atomic E-state index is 0.0698. The van der Waals surface area contributed by atoms with E-state index in [1.165, 1.54) is 18.2 Å². The fourth-order valence-electron chi connectivity index (χ4n) is 2.67. The molecule has 1 atom stereocenters. The molecule has 1 aliphatic rings. The number of para-hydroxylation sites is 1. The second-order valence-electron chi connectivity index (χ2n) is 5.78. The van der Waals surface area contributed by atoms with E-state index in [9.17, 15) is 18.3 Å². The van der Waals surface area contributed by atoms with Gasteiger partial charge in [0.1, 0.15) is 5.75 Å². The van der Waals surface area contributed by atoms with Crippen molar-refractivity contribution in [1.82, 2.24) is 4.31 Å². The number of nitrogens with two attached hydrogens (primary N) is 1. The Balaban J connectivity index is 1.94. The SMILES string of the molecule is NC(=O)c1ccc2c(c1)OCCCN(S(=O)(=O)Nc1ccccc1)C2O. The molecule has 8 nitrogen and oxygen atoms in total. The molecule has 0 spiro atoms.